The van der Waals surface area contributed by atoms with E-state index in [2.05, 4.69) is 16.3 Å². The average molecular weight is 493 g/mol. The molecular formula is C21H18Cl2N4O6. The topological polar surface area (TPSA) is 134 Å². The van der Waals surface area contributed by atoms with E-state index in [1.165, 1.54) is 36.4 Å². The summed E-state index contributed by atoms with van der Waals surface area (Å²) in [5.41, 5.74) is 7.12. The van der Waals surface area contributed by atoms with E-state index in [1.807, 2.05) is 0 Å². The van der Waals surface area contributed by atoms with Gasteiger partial charge in [0.1, 0.15) is 0 Å². The molecule has 172 valence electrons. The number of nitrogens with zero attached hydrogens (tertiary/aromatic N) is 1. The zero-order chi connectivity index (χ0) is 24.0. The number of hydrogen-bond donors (Lipinski definition) is 3. The molecule has 2 aromatic carbocycles. The van der Waals surface area contributed by atoms with Crippen LogP contribution in [0.4, 0.5) is 0 Å². The molecule has 0 aromatic heterocycles. The quantitative estimate of drug-likeness (QED) is 0.413. The van der Waals surface area contributed by atoms with Gasteiger partial charge in [0.15, 0.2) is 6.61 Å². The molecule has 1 heterocycles. The summed E-state index contributed by atoms with van der Waals surface area (Å²) in [6.45, 7) is -0.786. The summed E-state index contributed by atoms with van der Waals surface area (Å²) in [4.78, 5) is 60.5. The number of ether oxygens (including phenoxy) is 1. The third kappa shape index (κ3) is 6.43. The normalized spacial score (nSPS) is 15.0. The minimum absolute atomic E-state index is 0.109. The predicted molar refractivity (Wildman–Crippen MR) is 117 cm³/mol. The molecule has 1 fully saturated rings. The van der Waals surface area contributed by atoms with E-state index in [0.29, 0.717) is 5.02 Å². The largest absolute Gasteiger partial charge is 0.455 e. The van der Waals surface area contributed by atoms with Crippen LogP contribution in [-0.4, -0.2) is 47.8 Å². The highest BCUT2D eigenvalue weighted by molar-refractivity contribution is 6.33. The Bertz CT molecular complexity index is 1090. The number of rotatable bonds is 6. The molecular weight excluding hydrogens is 475 g/mol. The van der Waals surface area contributed by atoms with Gasteiger partial charge in [0.05, 0.1) is 23.0 Å². The number of nitrogens with one attached hydrogen (secondary N) is 3. The van der Waals surface area contributed by atoms with Crippen LogP contribution in [0, 0.1) is 5.92 Å². The molecule has 12 heteroatoms. The monoisotopic (exact) mass is 492 g/mol. The van der Waals surface area contributed by atoms with Crippen LogP contribution in [0.5, 0.6) is 0 Å². The van der Waals surface area contributed by atoms with Gasteiger partial charge in [-0.3, -0.25) is 45.3 Å². The summed E-state index contributed by atoms with van der Waals surface area (Å²) < 4.78 is 4.91. The van der Waals surface area contributed by atoms with Gasteiger partial charge in [-0.25, -0.2) is 0 Å². The van der Waals surface area contributed by atoms with Gasteiger partial charge >= 0.3 is 5.97 Å². The van der Waals surface area contributed by atoms with Crippen molar-refractivity contribution in [3.63, 3.8) is 0 Å². The van der Waals surface area contributed by atoms with Crippen LogP contribution in [-0.2, 0) is 19.1 Å². The molecule has 0 bridgehead atoms. The lowest BCUT2D eigenvalue weighted by Gasteiger charge is -2.17. The predicted octanol–water partition coefficient (Wildman–Crippen LogP) is 1.49. The van der Waals surface area contributed by atoms with Crippen LogP contribution in [0.1, 0.15) is 27.1 Å². The highest BCUT2D eigenvalue weighted by atomic mass is 35.5. The number of benzene rings is 2. The molecule has 4 amide bonds. The van der Waals surface area contributed by atoms with E-state index in [4.69, 9.17) is 27.9 Å². The number of hydrogen-bond acceptors (Lipinski definition) is 6. The van der Waals surface area contributed by atoms with Gasteiger partial charge in [-0.15, -0.1) is 0 Å². The van der Waals surface area contributed by atoms with Gasteiger partial charge < -0.3 is 4.74 Å². The third-order valence-corrected chi connectivity index (χ3v) is 5.16. The molecule has 0 radical (unpaired) electrons. The summed E-state index contributed by atoms with van der Waals surface area (Å²) in [5.74, 6) is -4.11. The Hall–Kier alpha value is -3.63. The molecule has 1 aliphatic rings. The Morgan fingerprint density at radius 1 is 0.970 bits per heavy atom. The van der Waals surface area contributed by atoms with Crippen LogP contribution >= 0.6 is 23.2 Å². The summed E-state index contributed by atoms with van der Waals surface area (Å²) in [6.07, 6.45) is -0.190. The fourth-order valence-corrected chi connectivity index (χ4v) is 3.24. The second-order valence-corrected chi connectivity index (χ2v) is 7.79. The second kappa shape index (κ2) is 10.8. The number of carbonyl (C=O) groups excluding carboxylic acids is 5. The molecule has 1 aliphatic heterocycles. The van der Waals surface area contributed by atoms with Crippen molar-refractivity contribution in [1.29, 1.82) is 0 Å². The first-order valence-electron chi connectivity index (χ1n) is 9.62. The van der Waals surface area contributed by atoms with E-state index in [1.54, 1.807) is 12.1 Å². The van der Waals surface area contributed by atoms with Crippen molar-refractivity contribution < 1.29 is 28.7 Å². The third-order valence-electron chi connectivity index (χ3n) is 4.58. The minimum Gasteiger partial charge on any atom is -0.455 e. The summed E-state index contributed by atoms with van der Waals surface area (Å²) in [7, 11) is 0. The Morgan fingerprint density at radius 3 is 2.36 bits per heavy atom. The van der Waals surface area contributed by atoms with Crippen molar-refractivity contribution >= 4 is 52.8 Å². The van der Waals surface area contributed by atoms with Crippen LogP contribution in [0.2, 0.25) is 10.0 Å². The number of esters is 1. The molecule has 33 heavy (non-hydrogen) atoms. The lowest BCUT2D eigenvalue weighted by atomic mass is 10.1. The van der Waals surface area contributed by atoms with E-state index >= 15 is 0 Å². The maximum absolute atomic E-state index is 12.2. The second-order valence-electron chi connectivity index (χ2n) is 6.94. The Morgan fingerprint density at radius 2 is 1.67 bits per heavy atom. The van der Waals surface area contributed by atoms with E-state index in [-0.39, 0.29) is 29.1 Å². The molecule has 1 saturated heterocycles. The molecule has 2 aromatic rings. The molecule has 3 rings (SSSR count). The Labute approximate surface area is 198 Å². The van der Waals surface area contributed by atoms with Crippen LogP contribution in [0.3, 0.4) is 0 Å². The van der Waals surface area contributed by atoms with Gasteiger partial charge in [0.25, 0.3) is 17.7 Å². The van der Waals surface area contributed by atoms with Crippen molar-refractivity contribution in [3.05, 3.63) is 69.7 Å². The summed E-state index contributed by atoms with van der Waals surface area (Å²) in [5, 5.41) is 1.68. The smallest absolute Gasteiger partial charge is 0.311 e. The lowest BCUT2D eigenvalue weighted by Crippen LogP contribution is -2.44. The maximum atomic E-state index is 12.2. The van der Waals surface area contributed by atoms with Crippen molar-refractivity contribution in [2.45, 2.75) is 6.42 Å². The number of amides is 4. The Kier molecular flexibility index (Phi) is 7.86. The summed E-state index contributed by atoms with van der Waals surface area (Å²) in [6, 6.07) is 12.3. The van der Waals surface area contributed by atoms with Crippen LogP contribution in [0.15, 0.2) is 48.5 Å². The van der Waals surface area contributed by atoms with Crippen molar-refractivity contribution in [1.82, 2.24) is 21.3 Å². The fourth-order valence-electron chi connectivity index (χ4n) is 2.89. The zero-order valence-corrected chi connectivity index (χ0v) is 18.5. The first-order chi connectivity index (χ1) is 15.7. The average Bonchev–Trinajstić information content (AvgIpc) is 3.16. The van der Waals surface area contributed by atoms with E-state index in [0.717, 1.165) is 5.01 Å². The van der Waals surface area contributed by atoms with Crippen molar-refractivity contribution in [3.8, 4) is 0 Å². The van der Waals surface area contributed by atoms with Gasteiger partial charge in [0.2, 0.25) is 5.91 Å². The van der Waals surface area contributed by atoms with Gasteiger partial charge in [-0.05, 0) is 36.4 Å². The first kappa shape index (κ1) is 24.0. The first-order valence-corrected chi connectivity index (χ1v) is 10.4. The molecule has 0 unspecified atom stereocenters. The lowest BCUT2D eigenvalue weighted by molar-refractivity contribution is -0.152. The van der Waals surface area contributed by atoms with E-state index in [9.17, 15) is 24.0 Å². The number of hydrazine groups is 2. The molecule has 0 aliphatic carbocycles. The number of halogens is 2. The Balaban J connectivity index is 1.43. The molecule has 0 spiro atoms. The SMILES string of the molecule is O=C(COC(=O)[C@H]1CC(=O)N(NC(=O)c2ccc(Cl)cc2)C1)NNC(=O)c1ccccc1Cl. The zero-order valence-electron chi connectivity index (χ0n) is 17.0. The molecule has 10 nitrogen and oxygen atoms in total. The summed E-state index contributed by atoms with van der Waals surface area (Å²) >= 11 is 11.7. The standard InChI is InChI=1S/C21H18Cl2N4O6/c22-14-7-5-12(6-8-14)19(30)26-27-10-13(9-18(27)29)21(32)33-11-17(28)24-25-20(31)15-3-1-2-4-16(15)23/h1-8,13H,9-11H2,(H,24,28)(H,25,31)(H,26,30)/t13-/m0/s1. The molecule has 1 atom stereocenters. The molecule has 0 saturated carbocycles. The maximum Gasteiger partial charge on any atom is 0.311 e. The van der Waals surface area contributed by atoms with Gasteiger partial charge in [0, 0.05) is 17.0 Å². The van der Waals surface area contributed by atoms with Crippen LogP contribution < -0.4 is 16.3 Å². The number of carbonyl (C=O) groups is 5. The van der Waals surface area contributed by atoms with Gasteiger partial charge in [-0.2, -0.15) is 0 Å². The van der Waals surface area contributed by atoms with Gasteiger partial charge in [-0.1, -0.05) is 35.3 Å². The van der Waals surface area contributed by atoms with Crippen molar-refractivity contribution in [2.24, 2.45) is 5.92 Å². The van der Waals surface area contributed by atoms with Crippen LogP contribution in [0.25, 0.3) is 0 Å². The minimum atomic E-state index is -0.867. The highest BCUT2D eigenvalue weighted by Gasteiger charge is 2.36. The highest BCUT2D eigenvalue weighted by Crippen LogP contribution is 2.18. The van der Waals surface area contributed by atoms with Crippen molar-refractivity contribution in [2.75, 3.05) is 13.2 Å². The molecule has 3 N–H and O–H groups in total. The fraction of sp³-hybridized carbons (Fsp3) is 0.190. The van der Waals surface area contributed by atoms with E-state index < -0.39 is 42.1 Å².